The highest BCUT2D eigenvalue weighted by atomic mass is 16.1. The lowest BCUT2D eigenvalue weighted by Crippen LogP contribution is -2.49. The van der Waals surface area contributed by atoms with Crippen LogP contribution in [0.15, 0.2) is 23.8 Å². The number of hydrogen-bond donors (Lipinski definition) is 0. The van der Waals surface area contributed by atoms with Gasteiger partial charge in [-0.05, 0) is 79.3 Å². The molecule has 0 amide bonds. The summed E-state index contributed by atoms with van der Waals surface area (Å²) in [6.07, 6.45) is 12.9. The van der Waals surface area contributed by atoms with Gasteiger partial charge in [-0.15, -0.1) is 0 Å². The van der Waals surface area contributed by atoms with E-state index in [4.69, 9.17) is 0 Å². The molecule has 124 valence electrons. The van der Waals surface area contributed by atoms with Gasteiger partial charge in [-0.25, -0.2) is 0 Å². The molecule has 4 aliphatic rings. The topological polar surface area (TPSA) is 34.1 Å². The van der Waals surface area contributed by atoms with E-state index in [2.05, 4.69) is 26.0 Å². The molecular formula is C21H28O2. The van der Waals surface area contributed by atoms with Gasteiger partial charge in [-0.3, -0.25) is 9.59 Å². The van der Waals surface area contributed by atoms with Crippen LogP contribution in [0.4, 0.5) is 0 Å². The van der Waals surface area contributed by atoms with E-state index in [1.807, 2.05) is 6.08 Å². The van der Waals surface area contributed by atoms with Gasteiger partial charge in [0.15, 0.2) is 5.78 Å². The minimum Gasteiger partial charge on any atom is -0.300 e. The summed E-state index contributed by atoms with van der Waals surface area (Å²) in [4.78, 5) is 24.0. The Morgan fingerprint density at radius 3 is 2.65 bits per heavy atom. The molecule has 0 aromatic rings. The number of ketones is 2. The van der Waals surface area contributed by atoms with Gasteiger partial charge in [0.25, 0.3) is 0 Å². The minimum atomic E-state index is 0.170. The Morgan fingerprint density at radius 1 is 1.13 bits per heavy atom. The van der Waals surface area contributed by atoms with Crippen LogP contribution in [0, 0.1) is 34.5 Å². The molecule has 3 unspecified atom stereocenters. The van der Waals surface area contributed by atoms with Gasteiger partial charge in [0.2, 0.25) is 0 Å². The van der Waals surface area contributed by atoms with Gasteiger partial charge < -0.3 is 0 Å². The zero-order chi connectivity index (χ0) is 16.4. The molecule has 0 aromatic heterocycles. The van der Waals surface area contributed by atoms with Crippen molar-refractivity contribution in [3.05, 3.63) is 23.8 Å². The summed E-state index contributed by atoms with van der Waals surface area (Å²) in [5.74, 6) is 2.83. The predicted molar refractivity (Wildman–Crippen MR) is 90.8 cm³/mol. The van der Waals surface area contributed by atoms with E-state index >= 15 is 0 Å². The monoisotopic (exact) mass is 312 g/mol. The average Bonchev–Trinajstić information content (AvgIpc) is 2.85. The van der Waals surface area contributed by atoms with Crippen LogP contribution in [-0.2, 0) is 9.59 Å². The maximum Gasteiger partial charge on any atom is 0.156 e. The predicted octanol–water partition coefficient (Wildman–Crippen LogP) is 4.50. The number of allylic oxidation sites excluding steroid dienone is 4. The zero-order valence-corrected chi connectivity index (χ0v) is 14.6. The highest BCUT2D eigenvalue weighted by molar-refractivity contribution is 5.92. The molecule has 2 saturated carbocycles. The molecular weight excluding hydrogens is 284 g/mol. The van der Waals surface area contributed by atoms with Crippen molar-refractivity contribution in [3.8, 4) is 0 Å². The standard InChI is InChI=1S/C21H28O2/c1-13(22)17-6-7-18-16-5-4-14-12-15(23)8-10-20(14,2)19(16)9-11-21(17,18)3/h4-5,12,16-19H,6-11H2,1-3H3/t16?,17-,18?,19?,20-,21-/m1/s1. The molecule has 0 heterocycles. The van der Waals surface area contributed by atoms with Crippen molar-refractivity contribution in [2.75, 3.05) is 0 Å². The van der Waals surface area contributed by atoms with E-state index in [0.29, 0.717) is 35.7 Å². The molecule has 2 heteroatoms. The summed E-state index contributed by atoms with van der Waals surface area (Å²) >= 11 is 0. The highest BCUT2D eigenvalue weighted by Crippen LogP contribution is 2.65. The third-order valence-corrected chi connectivity index (χ3v) is 8.01. The van der Waals surface area contributed by atoms with Gasteiger partial charge >= 0.3 is 0 Å². The molecule has 4 aliphatic carbocycles. The van der Waals surface area contributed by atoms with Crippen molar-refractivity contribution in [3.63, 3.8) is 0 Å². The number of carbonyl (C=O) groups is 2. The fourth-order valence-corrected chi connectivity index (χ4v) is 6.66. The zero-order valence-electron chi connectivity index (χ0n) is 14.6. The Morgan fingerprint density at radius 2 is 1.91 bits per heavy atom. The number of fused-ring (bicyclic) bond motifs is 5. The van der Waals surface area contributed by atoms with Crippen molar-refractivity contribution in [1.29, 1.82) is 0 Å². The van der Waals surface area contributed by atoms with Gasteiger partial charge in [0, 0.05) is 12.3 Å². The molecule has 0 bridgehead atoms. The molecule has 0 saturated heterocycles. The van der Waals surface area contributed by atoms with Crippen LogP contribution in [0.25, 0.3) is 0 Å². The summed E-state index contributed by atoms with van der Waals surface area (Å²) in [5, 5.41) is 0. The summed E-state index contributed by atoms with van der Waals surface area (Å²) in [5.41, 5.74) is 1.63. The molecule has 0 spiro atoms. The van der Waals surface area contributed by atoms with E-state index in [0.717, 1.165) is 12.8 Å². The average molecular weight is 312 g/mol. The first kappa shape index (κ1) is 15.4. The quantitative estimate of drug-likeness (QED) is 0.714. The molecule has 23 heavy (non-hydrogen) atoms. The fraction of sp³-hybridized carbons (Fsp3) is 0.714. The van der Waals surface area contributed by atoms with Crippen LogP contribution in [0.1, 0.15) is 59.3 Å². The molecule has 2 fully saturated rings. The smallest absolute Gasteiger partial charge is 0.156 e. The Labute approximate surface area is 139 Å². The fourth-order valence-electron chi connectivity index (χ4n) is 6.66. The molecule has 4 rings (SSSR count). The number of Topliss-reactive ketones (excluding diaryl/α,β-unsaturated/α-hetero) is 1. The molecule has 6 atom stereocenters. The number of hydrogen-bond acceptors (Lipinski definition) is 2. The van der Waals surface area contributed by atoms with Crippen molar-refractivity contribution in [2.24, 2.45) is 34.5 Å². The summed E-state index contributed by atoms with van der Waals surface area (Å²) in [6, 6.07) is 0. The first-order valence-corrected chi connectivity index (χ1v) is 9.30. The largest absolute Gasteiger partial charge is 0.300 e. The molecule has 0 N–H and O–H groups in total. The maximum atomic E-state index is 12.1. The second-order valence-corrected chi connectivity index (χ2v) is 8.92. The van der Waals surface area contributed by atoms with E-state index in [-0.39, 0.29) is 16.7 Å². The molecule has 0 aliphatic heterocycles. The Balaban J connectivity index is 1.72. The first-order valence-electron chi connectivity index (χ1n) is 9.30. The Hall–Kier alpha value is -1.18. The van der Waals surface area contributed by atoms with Crippen LogP contribution in [-0.4, -0.2) is 11.6 Å². The minimum absolute atomic E-state index is 0.170. The van der Waals surface area contributed by atoms with Crippen LogP contribution in [0.2, 0.25) is 0 Å². The number of rotatable bonds is 1. The first-order chi connectivity index (χ1) is 10.9. The van der Waals surface area contributed by atoms with Gasteiger partial charge in [0.05, 0.1) is 0 Å². The van der Waals surface area contributed by atoms with Crippen LogP contribution < -0.4 is 0 Å². The lowest BCUT2D eigenvalue weighted by Gasteiger charge is -2.55. The van der Waals surface area contributed by atoms with Gasteiger partial charge in [-0.1, -0.05) is 26.0 Å². The van der Waals surface area contributed by atoms with Crippen molar-refractivity contribution < 1.29 is 9.59 Å². The lowest BCUT2D eigenvalue weighted by molar-refractivity contribution is -0.127. The summed E-state index contributed by atoms with van der Waals surface area (Å²) < 4.78 is 0. The summed E-state index contributed by atoms with van der Waals surface area (Å²) in [7, 11) is 0. The van der Waals surface area contributed by atoms with Crippen LogP contribution in [0.5, 0.6) is 0 Å². The van der Waals surface area contributed by atoms with E-state index in [1.54, 1.807) is 6.92 Å². The SMILES string of the molecule is CC(=O)[C@H]1CCC2C3C=CC4=CC(=O)CC[C@@]4(C)C3CC[C@@]21C. The highest BCUT2D eigenvalue weighted by Gasteiger charge is 2.58. The molecule has 2 nitrogen and oxygen atoms in total. The van der Waals surface area contributed by atoms with Crippen LogP contribution in [0.3, 0.4) is 0 Å². The third kappa shape index (κ3) is 1.99. The molecule has 0 radical (unpaired) electrons. The summed E-state index contributed by atoms with van der Waals surface area (Å²) in [6.45, 7) is 6.54. The second-order valence-electron chi connectivity index (χ2n) is 8.92. The van der Waals surface area contributed by atoms with E-state index < -0.39 is 0 Å². The van der Waals surface area contributed by atoms with E-state index in [1.165, 1.54) is 24.8 Å². The second kappa shape index (κ2) is 4.91. The van der Waals surface area contributed by atoms with Gasteiger partial charge in [-0.2, -0.15) is 0 Å². The number of carbonyl (C=O) groups excluding carboxylic acids is 2. The van der Waals surface area contributed by atoms with Crippen LogP contribution >= 0.6 is 0 Å². The van der Waals surface area contributed by atoms with Crippen molar-refractivity contribution in [2.45, 2.75) is 59.3 Å². The third-order valence-electron chi connectivity index (χ3n) is 8.01. The normalized spacial score (nSPS) is 48.3. The molecule has 0 aromatic carbocycles. The Kier molecular flexibility index (Phi) is 3.28. The van der Waals surface area contributed by atoms with Crippen molar-refractivity contribution >= 4 is 11.6 Å². The maximum absolute atomic E-state index is 12.1. The Bertz CT molecular complexity index is 628. The van der Waals surface area contributed by atoms with Gasteiger partial charge in [0.1, 0.15) is 5.78 Å². The van der Waals surface area contributed by atoms with Crippen molar-refractivity contribution in [1.82, 2.24) is 0 Å². The van der Waals surface area contributed by atoms with E-state index in [9.17, 15) is 9.59 Å². The lowest BCUT2D eigenvalue weighted by atomic mass is 9.48.